The molecule has 0 aliphatic rings. The molecule has 0 fully saturated rings. The molecule has 0 aromatic carbocycles. The van der Waals surface area contributed by atoms with Gasteiger partial charge in [-0.2, -0.15) is 0 Å². The van der Waals surface area contributed by atoms with Gasteiger partial charge in [0.2, 0.25) is 0 Å². The summed E-state index contributed by atoms with van der Waals surface area (Å²) >= 11 is 0. The number of hydrogen-bond donors (Lipinski definition) is 1. The minimum Gasteiger partial charge on any atom is -0.478 e. The fraction of sp³-hybridized carbons (Fsp3) is 0.154. The van der Waals surface area contributed by atoms with Crippen molar-refractivity contribution in [2.24, 2.45) is 0 Å². The molecule has 86 valence electrons. The molecule has 0 unspecified atom stereocenters. The molecule has 2 aromatic rings. The summed E-state index contributed by atoms with van der Waals surface area (Å²) in [6.45, 7) is 0. The van der Waals surface area contributed by atoms with E-state index in [2.05, 4.69) is 9.97 Å². The summed E-state index contributed by atoms with van der Waals surface area (Å²) in [5.41, 5.74) is 2.26. The Morgan fingerprint density at radius 3 is 2.65 bits per heavy atom. The molecule has 0 saturated heterocycles. The van der Waals surface area contributed by atoms with Crippen LogP contribution in [-0.2, 0) is 12.8 Å². The molecule has 1 N–H and O–H groups in total. The quantitative estimate of drug-likeness (QED) is 0.868. The first kappa shape index (κ1) is 11.3. The lowest BCUT2D eigenvalue weighted by molar-refractivity contribution is 0.0696. The van der Waals surface area contributed by atoms with Gasteiger partial charge in [0.05, 0.1) is 5.56 Å². The van der Waals surface area contributed by atoms with Crippen molar-refractivity contribution in [3.05, 3.63) is 59.7 Å². The number of carbonyl (C=O) groups is 1. The molecule has 0 amide bonds. The maximum absolute atomic E-state index is 10.6. The Bertz CT molecular complexity index is 495. The fourth-order valence-corrected chi connectivity index (χ4v) is 1.52. The summed E-state index contributed by atoms with van der Waals surface area (Å²) in [4.78, 5) is 18.8. The first-order chi connectivity index (χ1) is 8.25. The lowest BCUT2D eigenvalue weighted by Gasteiger charge is -2.01. The monoisotopic (exact) mass is 228 g/mol. The van der Waals surface area contributed by atoms with Gasteiger partial charge >= 0.3 is 5.97 Å². The predicted octanol–water partition coefficient (Wildman–Crippen LogP) is 1.96. The maximum atomic E-state index is 10.6. The van der Waals surface area contributed by atoms with Gasteiger partial charge < -0.3 is 5.11 Å². The highest BCUT2D eigenvalue weighted by Crippen LogP contribution is 2.05. The number of carboxylic acids is 1. The highest BCUT2D eigenvalue weighted by atomic mass is 16.4. The molecule has 2 rings (SSSR count). The van der Waals surface area contributed by atoms with E-state index in [9.17, 15) is 4.79 Å². The summed E-state index contributed by atoms with van der Waals surface area (Å²) in [6.07, 6.45) is 6.59. The summed E-state index contributed by atoms with van der Waals surface area (Å²) < 4.78 is 0. The van der Waals surface area contributed by atoms with Crippen LogP contribution in [0, 0.1) is 0 Å². The van der Waals surface area contributed by atoms with Gasteiger partial charge in [-0.1, -0.05) is 6.07 Å². The van der Waals surface area contributed by atoms with E-state index in [1.807, 2.05) is 18.3 Å². The van der Waals surface area contributed by atoms with E-state index in [4.69, 9.17) is 5.11 Å². The van der Waals surface area contributed by atoms with E-state index in [1.165, 1.54) is 6.20 Å². The summed E-state index contributed by atoms with van der Waals surface area (Å²) in [5.74, 6) is -0.948. The summed E-state index contributed by atoms with van der Waals surface area (Å²) in [5, 5.41) is 8.74. The Labute approximate surface area is 99.0 Å². The molecule has 0 aliphatic heterocycles. The zero-order valence-corrected chi connectivity index (χ0v) is 9.21. The third kappa shape index (κ3) is 3.11. The smallest absolute Gasteiger partial charge is 0.337 e. The highest BCUT2D eigenvalue weighted by molar-refractivity contribution is 5.87. The number of aryl methyl sites for hydroxylation is 2. The van der Waals surface area contributed by atoms with Crippen LogP contribution >= 0.6 is 0 Å². The average molecular weight is 228 g/mol. The Balaban J connectivity index is 1.98. The standard InChI is InChI=1S/C13H12N2O2/c16-13(17)11-4-6-12(15-9-11)5-3-10-2-1-7-14-8-10/h1-2,4,6-9H,3,5H2,(H,16,17). The van der Waals surface area contributed by atoms with E-state index < -0.39 is 5.97 Å². The van der Waals surface area contributed by atoms with Gasteiger partial charge in [0.25, 0.3) is 0 Å². The van der Waals surface area contributed by atoms with Crippen LogP contribution in [0.25, 0.3) is 0 Å². The van der Waals surface area contributed by atoms with Gasteiger partial charge in [-0.15, -0.1) is 0 Å². The number of aromatic nitrogens is 2. The maximum Gasteiger partial charge on any atom is 0.337 e. The van der Waals surface area contributed by atoms with Crippen molar-refractivity contribution in [2.45, 2.75) is 12.8 Å². The van der Waals surface area contributed by atoms with Gasteiger partial charge in [0.1, 0.15) is 0 Å². The van der Waals surface area contributed by atoms with Gasteiger partial charge in [-0.05, 0) is 36.6 Å². The topological polar surface area (TPSA) is 63.1 Å². The molecule has 2 heterocycles. The number of carboxylic acid groups (broad SMARTS) is 1. The summed E-state index contributed by atoms with van der Waals surface area (Å²) in [7, 11) is 0. The molecule has 0 bridgehead atoms. The second-order valence-corrected chi connectivity index (χ2v) is 3.70. The third-order valence-electron chi connectivity index (χ3n) is 2.46. The molecule has 0 saturated carbocycles. The fourth-order valence-electron chi connectivity index (χ4n) is 1.52. The van der Waals surface area contributed by atoms with Gasteiger partial charge in [0, 0.05) is 24.3 Å². The van der Waals surface area contributed by atoms with Crippen LogP contribution in [0.5, 0.6) is 0 Å². The van der Waals surface area contributed by atoms with Crippen molar-refractivity contribution in [3.8, 4) is 0 Å². The molecule has 0 atom stereocenters. The average Bonchev–Trinajstić information content (AvgIpc) is 2.38. The van der Waals surface area contributed by atoms with Crippen molar-refractivity contribution in [3.63, 3.8) is 0 Å². The minimum atomic E-state index is -0.948. The molecule has 0 aliphatic carbocycles. The molecule has 0 spiro atoms. The van der Waals surface area contributed by atoms with Crippen LogP contribution in [0.15, 0.2) is 42.9 Å². The Morgan fingerprint density at radius 2 is 2.06 bits per heavy atom. The minimum absolute atomic E-state index is 0.218. The normalized spacial score (nSPS) is 10.1. The third-order valence-corrected chi connectivity index (χ3v) is 2.46. The second kappa shape index (κ2) is 5.21. The zero-order chi connectivity index (χ0) is 12.1. The van der Waals surface area contributed by atoms with Crippen LogP contribution in [0.3, 0.4) is 0 Å². The second-order valence-electron chi connectivity index (χ2n) is 3.70. The van der Waals surface area contributed by atoms with Crippen molar-refractivity contribution < 1.29 is 9.90 Å². The van der Waals surface area contributed by atoms with E-state index >= 15 is 0 Å². The largest absolute Gasteiger partial charge is 0.478 e. The number of rotatable bonds is 4. The molecule has 4 nitrogen and oxygen atoms in total. The van der Waals surface area contributed by atoms with Crippen LogP contribution in [-0.4, -0.2) is 21.0 Å². The molecule has 2 aromatic heterocycles. The van der Waals surface area contributed by atoms with Gasteiger partial charge in [0.15, 0.2) is 0 Å². The Kier molecular flexibility index (Phi) is 3.45. The van der Waals surface area contributed by atoms with Crippen LogP contribution in [0.4, 0.5) is 0 Å². The predicted molar refractivity (Wildman–Crippen MR) is 62.8 cm³/mol. The summed E-state index contributed by atoms with van der Waals surface area (Å²) in [6, 6.07) is 7.24. The van der Waals surface area contributed by atoms with E-state index in [0.29, 0.717) is 0 Å². The van der Waals surface area contributed by atoms with Crippen molar-refractivity contribution >= 4 is 5.97 Å². The van der Waals surface area contributed by atoms with Crippen molar-refractivity contribution in [1.82, 2.24) is 9.97 Å². The Morgan fingerprint density at radius 1 is 1.18 bits per heavy atom. The Hall–Kier alpha value is -2.23. The number of hydrogen-bond acceptors (Lipinski definition) is 3. The van der Waals surface area contributed by atoms with Crippen LogP contribution < -0.4 is 0 Å². The number of aromatic carboxylic acids is 1. The van der Waals surface area contributed by atoms with E-state index in [-0.39, 0.29) is 5.56 Å². The molecule has 0 radical (unpaired) electrons. The van der Waals surface area contributed by atoms with E-state index in [0.717, 1.165) is 24.1 Å². The zero-order valence-electron chi connectivity index (χ0n) is 9.21. The van der Waals surface area contributed by atoms with Crippen molar-refractivity contribution in [2.75, 3.05) is 0 Å². The SMILES string of the molecule is O=C(O)c1ccc(CCc2cccnc2)nc1. The van der Waals surface area contributed by atoms with Crippen molar-refractivity contribution in [1.29, 1.82) is 0 Å². The van der Waals surface area contributed by atoms with Crippen LogP contribution in [0.2, 0.25) is 0 Å². The van der Waals surface area contributed by atoms with Gasteiger partial charge in [-0.25, -0.2) is 4.79 Å². The first-order valence-electron chi connectivity index (χ1n) is 5.33. The molecule has 4 heteroatoms. The lowest BCUT2D eigenvalue weighted by Crippen LogP contribution is -2.00. The number of pyridine rings is 2. The first-order valence-corrected chi connectivity index (χ1v) is 5.33. The van der Waals surface area contributed by atoms with Gasteiger partial charge in [-0.3, -0.25) is 9.97 Å². The van der Waals surface area contributed by atoms with E-state index in [1.54, 1.807) is 18.3 Å². The highest BCUT2D eigenvalue weighted by Gasteiger charge is 2.03. The molecular weight excluding hydrogens is 216 g/mol. The molecular formula is C13H12N2O2. The van der Waals surface area contributed by atoms with Crippen LogP contribution in [0.1, 0.15) is 21.6 Å². The number of nitrogens with zero attached hydrogens (tertiary/aromatic N) is 2. The lowest BCUT2D eigenvalue weighted by atomic mass is 10.1. The molecule has 17 heavy (non-hydrogen) atoms.